The number of H-pyrrole nitrogens is 1. The second kappa shape index (κ2) is 3.63. The van der Waals surface area contributed by atoms with Crippen LogP contribution in [0.5, 0.6) is 0 Å². The van der Waals surface area contributed by atoms with Crippen molar-refractivity contribution in [1.82, 2.24) is 4.98 Å². The fourth-order valence-corrected chi connectivity index (χ4v) is 1.88. The molecular formula is C12H12FNO2. The molecular weight excluding hydrogens is 209 g/mol. The molecule has 1 aromatic heterocycles. The van der Waals surface area contributed by atoms with Crippen LogP contribution in [0.1, 0.15) is 35.8 Å². The Kier molecular flexibility index (Phi) is 2.42. The Morgan fingerprint density at radius 1 is 1.44 bits per heavy atom. The lowest BCUT2D eigenvalue weighted by molar-refractivity contribution is 0.0697. The number of hydrogen-bond acceptors (Lipinski definition) is 1. The van der Waals surface area contributed by atoms with Gasteiger partial charge in [0.2, 0.25) is 0 Å². The average Bonchev–Trinajstić information content (AvgIpc) is 2.58. The van der Waals surface area contributed by atoms with E-state index in [1.165, 1.54) is 6.07 Å². The van der Waals surface area contributed by atoms with Crippen molar-refractivity contribution in [2.75, 3.05) is 0 Å². The van der Waals surface area contributed by atoms with Crippen molar-refractivity contribution in [3.8, 4) is 0 Å². The van der Waals surface area contributed by atoms with Gasteiger partial charge in [0, 0.05) is 11.2 Å². The minimum atomic E-state index is -1.10. The molecule has 4 heteroatoms. The third-order valence-corrected chi connectivity index (χ3v) is 2.59. The number of carboxylic acids is 1. The second-order valence-corrected chi connectivity index (χ2v) is 4.04. The van der Waals surface area contributed by atoms with Crippen LogP contribution in [0, 0.1) is 5.82 Å². The summed E-state index contributed by atoms with van der Waals surface area (Å²) >= 11 is 0. The second-order valence-electron chi connectivity index (χ2n) is 4.04. The van der Waals surface area contributed by atoms with Crippen LogP contribution < -0.4 is 0 Å². The van der Waals surface area contributed by atoms with E-state index >= 15 is 0 Å². The molecule has 0 radical (unpaired) electrons. The van der Waals surface area contributed by atoms with E-state index < -0.39 is 11.8 Å². The number of rotatable bonds is 2. The van der Waals surface area contributed by atoms with Gasteiger partial charge in [-0.25, -0.2) is 9.18 Å². The Hall–Kier alpha value is -1.84. The van der Waals surface area contributed by atoms with Gasteiger partial charge in [-0.2, -0.15) is 0 Å². The first-order valence-corrected chi connectivity index (χ1v) is 5.05. The highest BCUT2D eigenvalue weighted by Gasteiger charge is 2.21. The number of halogens is 1. The van der Waals surface area contributed by atoms with Gasteiger partial charge in [0.15, 0.2) is 0 Å². The molecule has 0 aliphatic rings. The summed E-state index contributed by atoms with van der Waals surface area (Å²) in [6.45, 7) is 3.74. The minimum absolute atomic E-state index is 0.0119. The molecule has 3 nitrogen and oxygen atoms in total. The van der Waals surface area contributed by atoms with Gasteiger partial charge in [-0.3, -0.25) is 0 Å². The molecule has 0 saturated carbocycles. The molecule has 0 saturated heterocycles. The van der Waals surface area contributed by atoms with E-state index in [-0.39, 0.29) is 16.9 Å². The Morgan fingerprint density at radius 2 is 2.12 bits per heavy atom. The molecule has 0 bridgehead atoms. The molecule has 0 atom stereocenters. The first-order chi connectivity index (χ1) is 7.52. The fraction of sp³-hybridized carbons (Fsp3) is 0.250. The highest BCUT2D eigenvalue weighted by Crippen LogP contribution is 2.29. The van der Waals surface area contributed by atoms with Gasteiger partial charge in [-0.1, -0.05) is 19.9 Å². The molecule has 0 amide bonds. The van der Waals surface area contributed by atoms with Crippen LogP contribution in [0.25, 0.3) is 10.9 Å². The van der Waals surface area contributed by atoms with Crippen molar-refractivity contribution in [2.24, 2.45) is 0 Å². The normalized spacial score (nSPS) is 11.2. The summed E-state index contributed by atoms with van der Waals surface area (Å²) in [6.07, 6.45) is 0. The Labute approximate surface area is 91.9 Å². The van der Waals surface area contributed by atoms with Gasteiger partial charge in [0.1, 0.15) is 5.82 Å². The maximum atomic E-state index is 13.6. The van der Waals surface area contributed by atoms with Crippen molar-refractivity contribution in [3.63, 3.8) is 0 Å². The third kappa shape index (κ3) is 1.46. The zero-order valence-electron chi connectivity index (χ0n) is 9.04. The molecule has 0 aliphatic carbocycles. The maximum absolute atomic E-state index is 13.6. The summed E-state index contributed by atoms with van der Waals surface area (Å²) in [6, 6.07) is 4.51. The van der Waals surface area contributed by atoms with Crippen LogP contribution in [-0.2, 0) is 0 Å². The average molecular weight is 221 g/mol. The molecule has 0 fully saturated rings. The standard InChI is InChI=1S/C12H12FNO2/c1-6(2)11-10(12(15)16)9-7(13)4-3-5-8(9)14-11/h3-6,14H,1-2H3,(H,15,16). The molecule has 0 unspecified atom stereocenters. The minimum Gasteiger partial charge on any atom is -0.478 e. The van der Waals surface area contributed by atoms with E-state index in [1.807, 2.05) is 13.8 Å². The molecule has 0 spiro atoms. The zero-order chi connectivity index (χ0) is 11.9. The van der Waals surface area contributed by atoms with E-state index in [0.717, 1.165) is 0 Å². The third-order valence-electron chi connectivity index (χ3n) is 2.59. The van der Waals surface area contributed by atoms with Gasteiger partial charge in [0.05, 0.1) is 10.9 Å². The van der Waals surface area contributed by atoms with Crippen LogP contribution in [0.3, 0.4) is 0 Å². The summed E-state index contributed by atoms with van der Waals surface area (Å²) in [4.78, 5) is 14.1. The van der Waals surface area contributed by atoms with Gasteiger partial charge in [-0.15, -0.1) is 0 Å². The number of aromatic carboxylic acids is 1. The quantitative estimate of drug-likeness (QED) is 0.818. The van der Waals surface area contributed by atoms with E-state index in [2.05, 4.69) is 4.98 Å². The number of hydrogen-bond donors (Lipinski definition) is 2. The molecule has 2 N–H and O–H groups in total. The number of carboxylic acid groups (broad SMARTS) is 1. The molecule has 1 aromatic carbocycles. The van der Waals surface area contributed by atoms with Crippen molar-refractivity contribution in [3.05, 3.63) is 35.3 Å². The molecule has 16 heavy (non-hydrogen) atoms. The number of fused-ring (bicyclic) bond motifs is 1. The van der Waals surface area contributed by atoms with Crippen molar-refractivity contribution in [1.29, 1.82) is 0 Å². The van der Waals surface area contributed by atoms with Crippen LogP contribution in [0.15, 0.2) is 18.2 Å². The zero-order valence-corrected chi connectivity index (χ0v) is 9.04. The smallest absolute Gasteiger partial charge is 0.338 e. The summed E-state index contributed by atoms with van der Waals surface area (Å²) in [7, 11) is 0. The predicted octanol–water partition coefficient (Wildman–Crippen LogP) is 3.13. The van der Waals surface area contributed by atoms with E-state index in [4.69, 9.17) is 5.11 Å². The highest BCUT2D eigenvalue weighted by molar-refractivity contribution is 6.05. The largest absolute Gasteiger partial charge is 0.478 e. The van der Waals surface area contributed by atoms with E-state index in [9.17, 15) is 9.18 Å². The van der Waals surface area contributed by atoms with Crippen molar-refractivity contribution >= 4 is 16.9 Å². The van der Waals surface area contributed by atoms with Gasteiger partial charge in [-0.05, 0) is 18.1 Å². The number of carbonyl (C=O) groups is 1. The fourth-order valence-electron chi connectivity index (χ4n) is 1.88. The predicted molar refractivity (Wildman–Crippen MR) is 59.3 cm³/mol. The van der Waals surface area contributed by atoms with Crippen LogP contribution in [-0.4, -0.2) is 16.1 Å². The molecule has 2 aromatic rings. The summed E-state index contributed by atoms with van der Waals surface area (Å²) in [5, 5.41) is 9.30. The summed E-state index contributed by atoms with van der Waals surface area (Å²) < 4.78 is 13.6. The molecule has 2 rings (SSSR count). The SMILES string of the molecule is CC(C)c1[nH]c2cccc(F)c2c1C(=O)O. The Balaban J connectivity index is 2.88. The van der Waals surface area contributed by atoms with Crippen LogP contribution in [0.4, 0.5) is 4.39 Å². The topological polar surface area (TPSA) is 53.1 Å². The first-order valence-electron chi connectivity index (χ1n) is 5.05. The van der Waals surface area contributed by atoms with Gasteiger partial charge in [0.25, 0.3) is 0 Å². The first kappa shape index (κ1) is 10.7. The maximum Gasteiger partial charge on any atom is 0.338 e. The molecule has 0 aliphatic heterocycles. The molecule has 84 valence electrons. The Morgan fingerprint density at radius 3 is 2.69 bits per heavy atom. The molecule has 1 heterocycles. The van der Waals surface area contributed by atoms with Gasteiger partial charge >= 0.3 is 5.97 Å². The van der Waals surface area contributed by atoms with Crippen molar-refractivity contribution in [2.45, 2.75) is 19.8 Å². The van der Waals surface area contributed by atoms with E-state index in [1.54, 1.807) is 12.1 Å². The number of nitrogens with one attached hydrogen (secondary N) is 1. The number of aromatic amines is 1. The lowest BCUT2D eigenvalue weighted by atomic mass is 10.0. The lowest BCUT2D eigenvalue weighted by Crippen LogP contribution is -2.02. The van der Waals surface area contributed by atoms with Crippen LogP contribution in [0.2, 0.25) is 0 Å². The summed E-state index contributed by atoms with van der Waals surface area (Å²) in [5.41, 5.74) is 1.14. The highest BCUT2D eigenvalue weighted by atomic mass is 19.1. The van der Waals surface area contributed by atoms with E-state index in [0.29, 0.717) is 11.2 Å². The van der Waals surface area contributed by atoms with Crippen molar-refractivity contribution < 1.29 is 14.3 Å². The van der Waals surface area contributed by atoms with Crippen LogP contribution >= 0.6 is 0 Å². The number of benzene rings is 1. The Bertz CT molecular complexity index is 557. The lowest BCUT2D eigenvalue weighted by Gasteiger charge is -2.03. The summed E-state index contributed by atoms with van der Waals surface area (Å²) in [5.74, 6) is -1.59. The monoisotopic (exact) mass is 221 g/mol. The number of aromatic nitrogens is 1. The van der Waals surface area contributed by atoms with Gasteiger partial charge < -0.3 is 10.1 Å².